The standard InChI is InChI=1S/C19H14N2O4/c22-15-13-3-1-2-4-14(13)16(23)21(15)25-17(24)19-9-18(10-19,11-19)12-5-7-20-8-6-12/h1-8H,9-11H2. The number of nitrogens with zero attached hydrogens (tertiary/aromatic N) is 2. The molecule has 6 nitrogen and oxygen atoms in total. The first-order valence-electron chi connectivity index (χ1n) is 8.16. The molecule has 3 fully saturated rings. The Morgan fingerprint density at radius 1 is 0.960 bits per heavy atom. The molecule has 3 saturated carbocycles. The number of imide groups is 1. The van der Waals surface area contributed by atoms with Gasteiger partial charge in [-0.05, 0) is 54.5 Å². The van der Waals surface area contributed by atoms with Crippen molar-refractivity contribution in [1.29, 1.82) is 0 Å². The quantitative estimate of drug-likeness (QED) is 0.805. The summed E-state index contributed by atoms with van der Waals surface area (Å²) in [5, 5.41) is 0.604. The van der Waals surface area contributed by atoms with Crippen LogP contribution in [-0.4, -0.2) is 27.8 Å². The molecule has 2 bridgehead atoms. The second-order valence-corrected chi connectivity index (χ2v) is 7.16. The van der Waals surface area contributed by atoms with E-state index in [4.69, 9.17) is 4.84 Å². The van der Waals surface area contributed by atoms with Gasteiger partial charge in [0, 0.05) is 12.4 Å². The van der Waals surface area contributed by atoms with Crippen molar-refractivity contribution in [2.24, 2.45) is 5.41 Å². The van der Waals surface area contributed by atoms with Gasteiger partial charge >= 0.3 is 5.97 Å². The predicted molar refractivity (Wildman–Crippen MR) is 85.2 cm³/mol. The third-order valence-electron chi connectivity index (χ3n) is 5.69. The van der Waals surface area contributed by atoms with Gasteiger partial charge in [-0.25, -0.2) is 4.79 Å². The van der Waals surface area contributed by atoms with Crippen LogP contribution in [0.25, 0.3) is 0 Å². The molecule has 0 atom stereocenters. The molecule has 25 heavy (non-hydrogen) atoms. The van der Waals surface area contributed by atoms with Gasteiger partial charge in [-0.1, -0.05) is 17.2 Å². The van der Waals surface area contributed by atoms with E-state index in [2.05, 4.69) is 4.98 Å². The van der Waals surface area contributed by atoms with Crippen molar-refractivity contribution in [3.8, 4) is 0 Å². The normalized spacial score (nSPS) is 28.9. The lowest BCUT2D eigenvalue weighted by Gasteiger charge is -2.68. The second-order valence-electron chi connectivity index (χ2n) is 7.16. The van der Waals surface area contributed by atoms with E-state index in [1.54, 1.807) is 36.7 Å². The van der Waals surface area contributed by atoms with Crippen molar-refractivity contribution in [2.75, 3.05) is 0 Å². The summed E-state index contributed by atoms with van der Waals surface area (Å²) < 4.78 is 0. The molecule has 2 amide bonds. The Labute approximate surface area is 143 Å². The Balaban J connectivity index is 1.31. The van der Waals surface area contributed by atoms with Gasteiger partial charge in [-0.3, -0.25) is 14.6 Å². The van der Waals surface area contributed by atoms with E-state index in [0.717, 1.165) is 0 Å². The molecular formula is C19H14N2O4. The smallest absolute Gasteiger partial charge is 0.329 e. The van der Waals surface area contributed by atoms with Crippen LogP contribution in [0.2, 0.25) is 0 Å². The fraction of sp³-hybridized carbons (Fsp3) is 0.263. The van der Waals surface area contributed by atoms with Crippen LogP contribution in [0.3, 0.4) is 0 Å². The SMILES string of the molecule is O=C1c2ccccc2C(=O)N1OC(=O)C12CC(c3ccncc3)(C1)C2. The Morgan fingerprint density at radius 2 is 1.52 bits per heavy atom. The maximum absolute atomic E-state index is 12.6. The molecular weight excluding hydrogens is 320 g/mol. The monoisotopic (exact) mass is 334 g/mol. The van der Waals surface area contributed by atoms with E-state index in [-0.39, 0.29) is 16.5 Å². The maximum atomic E-state index is 12.6. The third-order valence-corrected chi connectivity index (χ3v) is 5.69. The van der Waals surface area contributed by atoms with Crippen molar-refractivity contribution in [1.82, 2.24) is 10.0 Å². The minimum atomic E-state index is -0.579. The zero-order valence-corrected chi connectivity index (χ0v) is 13.3. The summed E-state index contributed by atoms with van der Waals surface area (Å²) >= 11 is 0. The summed E-state index contributed by atoms with van der Waals surface area (Å²) in [6.45, 7) is 0. The summed E-state index contributed by atoms with van der Waals surface area (Å²) in [7, 11) is 0. The van der Waals surface area contributed by atoms with E-state index in [9.17, 15) is 14.4 Å². The van der Waals surface area contributed by atoms with Crippen LogP contribution >= 0.6 is 0 Å². The van der Waals surface area contributed by atoms with Crippen molar-refractivity contribution in [3.63, 3.8) is 0 Å². The van der Waals surface area contributed by atoms with Crippen molar-refractivity contribution >= 4 is 17.8 Å². The molecule has 4 aliphatic rings. The molecule has 2 heterocycles. The molecule has 6 heteroatoms. The number of aromatic nitrogens is 1. The summed E-state index contributed by atoms with van der Waals surface area (Å²) in [4.78, 5) is 46.4. The van der Waals surface area contributed by atoms with Crippen LogP contribution < -0.4 is 0 Å². The molecule has 0 N–H and O–H groups in total. The van der Waals surface area contributed by atoms with Gasteiger partial charge in [0.1, 0.15) is 0 Å². The van der Waals surface area contributed by atoms with Crippen LogP contribution in [0, 0.1) is 5.41 Å². The molecule has 0 radical (unpaired) electrons. The van der Waals surface area contributed by atoms with Crippen LogP contribution in [-0.2, 0) is 15.0 Å². The zero-order valence-electron chi connectivity index (χ0n) is 13.3. The van der Waals surface area contributed by atoms with Crippen LogP contribution in [0.1, 0.15) is 45.5 Å². The van der Waals surface area contributed by atoms with Gasteiger partial charge in [0.05, 0.1) is 16.5 Å². The number of carbonyl (C=O) groups excluding carboxylic acids is 3. The van der Waals surface area contributed by atoms with Gasteiger partial charge in [0.15, 0.2) is 0 Å². The number of hydroxylamine groups is 2. The molecule has 1 aromatic carbocycles. The second kappa shape index (κ2) is 4.53. The number of amides is 2. The number of pyridine rings is 1. The highest BCUT2D eigenvalue weighted by atomic mass is 16.7. The van der Waals surface area contributed by atoms with E-state index >= 15 is 0 Å². The number of benzene rings is 1. The topological polar surface area (TPSA) is 76.6 Å². The number of rotatable bonds is 3. The molecule has 1 aliphatic heterocycles. The molecule has 1 aromatic heterocycles. The van der Waals surface area contributed by atoms with E-state index in [1.165, 1.54) is 5.56 Å². The molecule has 124 valence electrons. The van der Waals surface area contributed by atoms with Crippen molar-refractivity contribution in [3.05, 3.63) is 65.5 Å². The third kappa shape index (κ3) is 1.74. The maximum Gasteiger partial charge on any atom is 0.339 e. The minimum absolute atomic E-state index is 0.0178. The van der Waals surface area contributed by atoms with Gasteiger partial charge in [0.2, 0.25) is 0 Å². The molecule has 0 saturated heterocycles. The minimum Gasteiger partial charge on any atom is -0.329 e. The molecule has 6 rings (SSSR count). The van der Waals surface area contributed by atoms with E-state index < -0.39 is 23.2 Å². The van der Waals surface area contributed by atoms with Gasteiger partial charge in [0.25, 0.3) is 11.8 Å². The van der Waals surface area contributed by atoms with Gasteiger partial charge in [-0.2, -0.15) is 0 Å². The van der Waals surface area contributed by atoms with Gasteiger partial charge < -0.3 is 4.84 Å². The highest BCUT2D eigenvalue weighted by Crippen LogP contribution is 2.74. The lowest BCUT2D eigenvalue weighted by molar-refractivity contribution is -0.221. The number of hydrogen-bond acceptors (Lipinski definition) is 5. The molecule has 0 spiro atoms. The highest BCUT2D eigenvalue weighted by Gasteiger charge is 2.73. The van der Waals surface area contributed by atoms with E-state index in [1.807, 2.05) is 12.1 Å². The Hall–Kier alpha value is -3.02. The average molecular weight is 334 g/mol. The Kier molecular flexibility index (Phi) is 2.60. The van der Waals surface area contributed by atoms with Crippen molar-refractivity contribution < 1.29 is 19.2 Å². The first kappa shape index (κ1) is 14.3. The molecule has 3 aliphatic carbocycles. The first-order valence-corrected chi connectivity index (χ1v) is 8.16. The first-order chi connectivity index (χ1) is 12.0. The zero-order chi connectivity index (χ0) is 17.2. The van der Waals surface area contributed by atoms with E-state index in [0.29, 0.717) is 24.3 Å². The summed E-state index contributed by atoms with van der Waals surface area (Å²) in [6, 6.07) is 10.4. The van der Waals surface area contributed by atoms with Crippen molar-refractivity contribution in [2.45, 2.75) is 24.7 Å². The number of hydrogen-bond donors (Lipinski definition) is 0. The average Bonchev–Trinajstić information content (AvgIpc) is 2.79. The lowest BCUT2D eigenvalue weighted by atomic mass is 9.33. The summed E-state index contributed by atoms with van der Waals surface area (Å²) in [6.07, 6.45) is 5.56. The van der Waals surface area contributed by atoms with Gasteiger partial charge in [-0.15, -0.1) is 0 Å². The lowest BCUT2D eigenvalue weighted by Crippen LogP contribution is -2.68. The Morgan fingerprint density at radius 3 is 2.08 bits per heavy atom. The molecule has 2 aromatic rings. The summed E-state index contributed by atoms with van der Waals surface area (Å²) in [5.41, 5.74) is 1.16. The summed E-state index contributed by atoms with van der Waals surface area (Å²) in [5.74, 6) is -1.65. The molecule has 0 unspecified atom stereocenters. The van der Waals surface area contributed by atoms with Crippen LogP contribution in [0.5, 0.6) is 0 Å². The fourth-order valence-corrected chi connectivity index (χ4v) is 4.45. The fourth-order valence-electron chi connectivity index (χ4n) is 4.45. The predicted octanol–water partition coefficient (Wildman–Crippen LogP) is 2.26. The highest BCUT2D eigenvalue weighted by molar-refractivity contribution is 6.21. The van der Waals surface area contributed by atoms with Crippen LogP contribution in [0.4, 0.5) is 0 Å². The number of carbonyl (C=O) groups is 3. The number of fused-ring (bicyclic) bond motifs is 1. The largest absolute Gasteiger partial charge is 0.339 e. The Bertz CT molecular complexity index is 883. The van der Waals surface area contributed by atoms with Crippen LogP contribution in [0.15, 0.2) is 48.8 Å².